The number of ether oxygens (including phenoxy) is 2. The smallest absolute Gasteiger partial charge is 0.120 e. The lowest BCUT2D eigenvalue weighted by Gasteiger charge is -2.07. The Morgan fingerprint density at radius 2 is 2.00 bits per heavy atom. The molecule has 1 heterocycles. The van der Waals surface area contributed by atoms with E-state index in [1.165, 1.54) is 0 Å². The Bertz CT molecular complexity index is 579. The minimum atomic E-state index is 0.582. The van der Waals surface area contributed by atoms with Crippen LogP contribution >= 0.6 is 0 Å². The molecule has 2 rings (SSSR count). The van der Waals surface area contributed by atoms with E-state index in [9.17, 15) is 0 Å². The van der Waals surface area contributed by atoms with Gasteiger partial charge in [-0.25, -0.2) is 0 Å². The van der Waals surface area contributed by atoms with Gasteiger partial charge in [0, 0.05) is 31.3 Å². The maximum absolute atomic E-state index is 8.79. The zero-order valence-electron chi connectivity index (χ0n) is 11.9. The molecule has 0 unspecified atom stereocenters. The molecule has 4 nitrogen and oxygen atoms in total. The first-order valence-electron chi connectivity index (χ1n) is 6.99. The molecule has 0 fully saturated rings. The van der Waals surface area contributed by atoms with Gasteiger partial charge in [0.2, 0.25) is 0 Å². The van der Waals surface area contributed by atoms with E-state index in [1.807, 2.05) is 30.3 Å². The van der Waals surface area contributed by atoms with Gasteiger partial charge in [-0.3, -0.25) is 4.98 Å². The van der Waals surface area contributed by atoms with Crippen molar-refractivity contribution in [2.75, 3.05) is 19.8 Å². The van der Waals surface area contributed by atoms with Gasteiger partial charge in [0.1, 0.15) is 5.75 Å². The molecule has 0 aliphatic heterocycles. The largest absolute Gasteiger partial charge is 0.493 e. The van der Waals surface area contributed by atoms with E-state index in [0.29, 0.717) is 25.4 Å². The number of nitriles is 1. The third-order valence-corrected chi connectivity index (χ3v) is 2.89. The monoisotopic (exact) mass is 282 g/mol. The summed E-state index contributed by atoms with van der Waals surface area (Å²) in [7, 11) is 0. The third-order valence-electron chi connectivity index (χ3n) is 2.89. The number of benzene rings is 1. The van der Waals surface area contributed by atoms with Crippen LogP contribution in [0.5, 0.6) is 5.75 Å². The van der Waals surface area contributed by atoms with Crippen molar-refractivity contribution < 1.29 is 9.47 Å². The van der Waals surface area contributed by atoms with Crippen LogP contribution in [-0.2, 0) is 11.2 Å². The van der Waals surface area contributed by atoms with Crippen molar-refractivity contribution >= 4 is 0 Å². The molecule has 4 heteroatoms. The van der Waals surface area contributed by atoms with Gasteiger partial charge in [0.15, 0.2) is 0 Å². The van der Waals surface area contributed by atoms with Crippen molar-refractivity contribution in [3.05, 3.63) is 59.9 Å². The maximum Gasteiger partial charge on any atom is 0.120 e. The fourth-order valence-corrected chi connectivity index (χ4v) is 1.83. The lowest BCUT2D eigenvalue weighted by molar-refractivity contribution is 0.121. The molecule has 0 saturated carbocycles. The molecule has 1 aromatic heterocycles. The van der Waals surface area contributed by atoms with Gasteiger partial charge in [-0.2, -0.15) is 5.26 Å². The zero-order valence-corrected chi connectivity index (χ0v) is 11.9. The predicted octanol–water partition coefficient (Wildman–Crippen LogP) is 2.98. The van der Waals surface area contributed by atoms with Crippen molar-refractivity contribution in [3.8, 4) is 11.8 Å². The molecule has 0 atom stereocenters. The molecule has 0 bridgehead atoms. The Morgan fingerprint density at radius 1 is 1.05 bits per heavy atom. The lowest BCUT2D eigenvalue weighted by atomic mass is 10.2. The number of hydrogen-bond acceptors (Lipinski definition) is 4. The molecule has 0 aliphatic carbocycles. The highest BCUT2D eigenvalue weighted by molar-refractivity contribution is 5.36. The van der Waals surface area contributed by atoms with E-state index >= 15 is 0 Å². The van der Waals surface area contributed by atoms with Crippen molar-refractivity contribution in [1.82, 2.24) is 4.98 Å². The van der Waals surface area contributed by atoms with E-state index in [1.54, 1.807) is 18.3 Å². The summed E-state index contributed by atoms with van der Waals surface area (Å²) in [5.41, 5.74) is 1.65. The Balaban J connectivity index is 1.55. The van der Waals surface area contributed by atoms with Gasteiger partial charge >= 0.3 is 0 Å². The van der Waals surface area contributed by atoms with E-state index in [4.69, 9.17) is 14.7 Å². The fraction of sp³-hybridized carbons (Fsp3) is 0.294. The highest BCUT2D eigenvalue weighted by atomic mass is 16.5. The Morgan fingerprint density at radius 3 is 2.81 bits per heavy atom. The van der Waals surface area contributed by atoms with Crippen molar-refractivity contribution in [2.24, 2.45) is 0 Å². The summed E-state index contributed by atoms with van der Waals surface area (Å²) in [6, 6.07) is 15.1. The molecule has 0 saturated heterocycles. The van der Waals surface area contributed by atoms with E-state index in [2.05, 4.69) is 11.1 Å². The first-order valence-corrected chi connectivity index (χ1v) is 6.99. The maximum atomic E-state index is 8.79. The van der Waals surface area contributed by atoms with Crippen LogP contribution in [0.4, 0.5) is 0 Å². The molecule has 108 valence electrons. The molecule has 2 aromatic rings. The number of rotatable bonds is 8. The summed E-state index contributed by atoms with van der Waals surface area (Å²) in [5, 5.41) is 8.79. The molecular weight excluding hydrogens is 264 g/mol. The summed E-state index contributed by atoms with van der Waals surface area (Å²) >= 11 is 0. The predicted molar refractivity (Wildman–Crippen MR) is 80.0 cm³/mol. The van der Waals surface area contributed by atoms with Gasteiger partial charge in [-0.15, -0.1) is 0 Å². The minimum Gasteiger partial charge on any atom is -0.493 e. The third kappa shape index (κ3) is 5.64. The van der Waals surface area contributed by atoms with Crippen LogP contribution in [0.2, 0.25) is 0 Å². The quantitative estimate of drug-likeness (QED) is 0.698. The SMILES string of the molecule is N#Cc1cccc(OCCCOCCc2ccccn2)c1. The van der Waals surface area contributed by atoms with Crippen LogP contribution in [0, 0.1) is 11.3 Å². The van der Waals surface area contributed by atoms with Crippen LogP contribution in [0.1, 0.15) is 17.7 Å². The highest BCUT2D eigenvalue weighted by Gasteiger charge is 1.97. The normalized spacial score (nSPS) is 10.0. The summed E-state index contributed by atoms with van der Waals surface area (Å²) in [6.07, 6.45) is 3.43. The van der Waals surface area contributed by atoms with Gasteiger partial charge in [-0.05, 0) is 30.3 Å². The Hall–Kier alpha value is -2.38. The van der Waals surface area contributed by atoms with Crippen LogP contribution in [0.3, 0.4) is 0 Å². The number of pyridine rings is 1. The first-order chi connectivity index (χ1) is 10.4. The number of nitrogens with zero attached hydrogens (tertiary/aromatic N) is 2. The minimum absolute atomic E-state index is 0.582. The molecule has 0 aliphatic rings. The molecule has 1 aromatic carbocycles. The van der Waals surface area contributed by atoms with Crippen LogP contribution < -0.4 is 4.74 Å². The van der Waals surface area contributed by atoms with Crippen LogP contribution in [0.25, 0.3) is 0 Å². The van der Waals surface area contributed by atoms with Crippen LogP contribution in [-0.4, -0.2) is 24.8 Å². The number of hydrogen-bond donors (Lipinski definition) is 0. The molecule has 21 heavy (non-hydrogen) atoms. The van der Waals surface area contributed by atoms with Crippen molar-refractivity contribution in [2.45, 2.75) is 12.8 Å². The van der Waals surface area contributed by atoms with Gasteiger partial charge in [0.05, 0.1) is 24.8 Å². The summed E-state index contributed by atoms with van der Waals surface area (Å²) in [5.74, 6) is 0.725. The molecule has 0 radical (unpaired) electrons. The molecule has 0 spiro atoms. The Labute approximate surface area is 125 Å². The van der Waals surface area contributed by atoms with Crippen molar-refractivity contribution in [3.63, 3.8) is 0 Å². The fourth-order valence-electron chi connectivity index (χ4n) is 1.83. The second kappa shape index (κ2) is 8.72. The molecule has 0 N–H and O–H groups in total. The summed E-state index contributed by atoms with van der Waals surface area (Å²) in [6.45, 7) is 1.91. The van der Waals surface area contributed by atoms with Gasteiger partial charge in [-0.1, -0.05) is 12.1 Å². The Kier molecular flexibility index (Phi) is 6.24. The zero-order chi connectivity index (χ0) is 14.8. The standard InChI is InChI=1S/C17H18N2O2/c18-14-15-5-3-7-17(13-15)21-11-4-10-20-12-8-16-6-1-2-9-19-16/h1-3,5-7,9,13H,4,8,10-12H2. The van der Waals surface area contributed by atoms with Crippen molar-refractivity contribution in [1.29, 1.82) is 5.26 Å². The molecular formula is C17H18N2O2. The number of aromatic nitrogens is 1. The topological polar surface area (TPSA) is 55.1 Å². The first kappa shape index (κ1) is 15.0. The van der Waals surface area contributed by atoms with E-state index < -0.39 is 0 Å². The average Bonchev–Trinajstić information content (AvgIpc) is 2.55. The van der Waals surface area contributed by atoms with E-state index in [-0.39, 0.29) is 0 Å². The van der Waals surface area contributed by atoms with Gasteiger partial charge < -0.3 is 9.47 Å². The summed E-state index contributed by atoms with van der Waals surface area (Å²) < 4.78 is 11.1. The average molecular weight is 282 g/mol. The highest BCUT2D eigenvalue weighted by Crippen LogP contribution is 2.12. The second-order valence-corrected chi connectivity index (χ2v) is 4.53. The van der Waals surface area contributed by atoms with Gasteiger partial charge in [0.25, 0.3) is 0 Å². The summed E-state index contributed by atoms with van der Waals surface area (Å²) in [4.78, 5) is 4.24. The molecule has 0 amide bonds. The van der Waals surface area contributed by atoms with Crippen LogP contribution in [0.15, 0.2) is 48.7 Å². The van der Waals surface area contributed by atoms with E-state index in [0.717, 1.165) is 24.3 Å². The lowest BCUT2D eigenvalue weighted by Crippen LogP contribution is -2.06. The second-order valence-electron chi connectivity index (χ2n) is 4.53.